The van der Waals surface area contributed by atoms with Gasteiger partial charge in [0.2, 0.25) is 0 Å². The van der Waals surface area contributed by atoms with E-state index in [0.29, 0.717) is 24.4 Å². The van der Waals surface area contributed by atoms with E-state index in [-0.39, 0.29) is 23.4 Å². The summed E-state index contributed by atoms with van der Waals surface area (Å²) in [6, 6.07) is 6.20. The summed E-state index contributed by atoms with van der Waals surface area (Å²) >= 11 is 0. The van der Waals surface area contributed by atoms with Gasteiger partial charge in [-0.15, -0.1) is 0 Å². The number of alkyl halides is 6. The fourth-order valence-corrected chi connectivity index (χ4v) is 7.24. The zero-order valence-corrected chi connectivity index (χ0v) is 23.6. The molecule has 0 saturated heterocycles. The summed E-state index contributed by atoms with van der Waals surface area (Å²) in [5, 5.41) is 17.1. The van der Waals surface area contributed by atoms with Crippen LogP contribution in [-0.4, -0.2) is 36.3 Å². The molecular formula is C31H41F6N3O. The first kappa shape index (κ1) is 31.8. The van der Waals surface area contributed by atoms with Crippen molar-refractivity contribution in [2.24, 2.45) is 17.3 Å². The number of hydrogen-bond donors (Lipinski definition) is 3. The van der Waals surface area contributed by atoms with Crippen LogP contribution in [0.3, 0.4) is 0 Å². The van der Waals surface area contributed by atoms with Crippen LogP contribution >= 0.6 is 0 Å². The van der Waals surface area contributed by atoms with Crippen molar-refractivity contribution in [3.63, 3.8) is 0 Å². The maximum Gasteiger partial charge on any atom is 0.433 e. The Hall–Kier alpha value is -2.17. The lowest BCUT2D eigenvalue weighted by Crippen LogP contribution is -2.37. The number of aliphatic hydroxyl groups excluding tert-OH is 1. The molecule has 3 N–H and O–H groups in total. The summed E-state index contributed by atoms with van der Waals surface area (Å²) in [4.78, 5) is 3.68. The number of pyridine rings is 1. The van der Waals surface area contributed by atoms with Crippen LogP contribution in [0.5, 0.6) is 0 Å². The van der Waals surface area contributed by atoms with E-state index in [1.54, 1.807) is 0 Å². The van der Waals surface area contributed by atoms with Gasteiger partial charge in [-0.2, -0.15) is 26.3 Å². The molecule has 4 rings (SSSR count). The molecule has 0 amide bonds. The molecule has 0 radical (unpaired) electrons. The van der Waals surface area contributed by atoms with Crippen molar-refractivity contribution in [1.29, 1.82) is 0 Å². The summed E-state index contributed by atoms with van der Waals surface area (Å²) in [6.45, 7) is 4.27. The topological polar surface area (TPSA) is 57.2 Å². The van der Waals surface area contributed by atoms with Crippen LogP contribution in [0.1, 0.15) is 87.6 Å². The normalized spacial score (nSPS) is 21.9. The third-order valence-electron chi connectivity index (χ3n) is 9.08. The lowest BCUT2D eigenvalue weighted by molar-refractivity contribution is -0.142. The van der Waals surface area contributed by atoms with Gasteiger partial charge in [-0.25, -0.2) is 4.98 Å². The Kier molecular flexibility index (Phi) is 10.4. The van der Waals surface area contributed by atoms with Crippen LogP contribution in [0, 0.1) is 17.3 Å². The maximum atomic E-state index is 13.8. The largest absolute Gasteiger partial charge is 0.433 e. The monoisotopic (exact) mass is 585 g/mol. The van der Waals surface area contributed by atoms with Crippen molar-refractivity contribution in [3.8, 4) is 11.3 Å². The van der Waals surface area contributed by atoms with E-state index in [0.717, 1.165) is 42.8 Å². The van der Waals surface area contributed by atoms with Gasteiger partial charge in [0, 0.05) is 30.8 Å². The molecule has 0 aliphatic heterocycles. The quantitative estimate of drug-likeness (QED) is 0.176. The molecule has 228 valence electrons. The van der Waals surface area contributed by atoms with E-state index in [4.69, 9.17) is 0 Å². The molecule has 4 nitrogen and oxygen atoms in total. The minimum Gasteiger partial charge on any atom is -0.387 e. The van der Waals surface area contributed by atoms with Gasteiger partial charge in [0.1, 0.15) is 0 Å². The van der Waals surface area contributed by atoms with Gasteiger partial charge < -0.3 is 15.7 Å². The second-order valence-corrected chi connectivity index (χ2v) is 11.7. The average molecular weight is 586 g/mol. The Balaban J connectivity index is 1.29. The van der Waals surface area contributed by atoms with Crippen molar-refractivity contribution >= 4 is 0 Å². The van der Waals surface area contributed by atoms with Gasteiger partial charge in [0.15, 0.2) is 5.69 Å². The standard InChI is InChI=1S/C31H41F6N3O/c1-2-14-29(15-3-4-16-29)25-7-5-6-22(25)19-38-17-18-39-20-27(41)24-12-13-26(40-28(24)31(35,36)37)21-8-10-23(11-9-21)30(32,33)34/h8-13,22,25,27,38-39,41H,2-7,14-20H2,1H3/t22-,25?,27+/m1/s1. The lowest BCUT2D eigenvalue weighted by Gasteiger charge is -2.39. The summed E-state index contributed by atoms with van der Waals surface area (Å²) in [7, 11) is 0. The smallest absolute Gasteiger partial charge is 0.387 e. The number of nitrogens with one attached hydrogen (secondary N) is 2. The lowest BCUT2D eigenvalue weighted by atomic mass is 9.67. The third-order valence-corrected chi connectivity index (χ3v) is 9.08. The number of aromatic nitrogens is 1. The molecule has 0 bridgehead atoms. The molecule has 10 heteroatoms. The first-order valence-corrected chi connectivity index (χ1v) is 14.8. The van der Waals surface area contributed by atoms with Crippen LogP contribution in [-0.2, 0) is 12.4 Å². The first-order valence-electron chi connectivity index (χ1n) is 14.8. The van der Waals surface area contributed by atoms with Gasteiger partial charge in [-0.3, -0.25) is 0 Å². The van der Waals surface area contributed by atoms with Crippen molar-refractivity contribution < 1.29 is 31.4 Å². The molecule has 1 aromatic heterocycles. The molecular weight excluding hydrogens is 544 g/mol. The summed E-state index contributed by atoms with van der Waals surface area (Å²) in [6.07, 6.45) is 0.907. The second-order valence-electron chi connectivity index (χ2n) is 11.7. The fraction of sp³-hybridized carbons (Fsp3) is 0.645. The highest BCUT2D eigenvalue weighted by atomic mass is 19.4. The van der Waals surface area contributed by atoms with Crippen LogP contribution in [0.4, 0.5) is 26.3 Å². The second kappa shape index (κ2) is 13.4. The van der Waals surface area contributed by atoms with Crippen LogP contribution in [0.15, 0.2) is 36.4 Å². The van der Waals surface area contributed by atoms with Crippen molar-refractivity contribution in [2.75, 3.05) is 26.2 Å². The van der Waals surface area contributed by atoms with Gasteiger partial charge in [0.05, 0.1) is 17.4 Å². The highest BCUT2D eigenvalue weighted by molar-refractivity contribution is 5.60. The molecule has 3 atom stereocenters. The Morgan fingerprint density at radius 1 is 0.902 bits per heavy atom. The molecule has 41 heavy (non-hydrogen) atoms. The van der Waals surface area contributed by atoms with Crippen molar-refractivity contribution in [2.45, 2.75) is 83.2 Å². The van der Waals surface area contributed by atoms with Gasteiger partial charge in [0.25, 0.3) is 0 Å². The number of nitrogens with zero attached hydrogens (tertiary/aromatic N) is 1. The minimum atomic E-state index is -4.84. The van der Waals surface area contributed by atoms with E-state index in [1.807, 2.05) is 0 Å². The van der Waals surface area contributed by atoms with E-state index >= 15 is 0 Å². The minimum absolute atomic E-state index is 0.0856. The predicted molar refractivity (Wildman–Crippen MR) is 147 cm³/mol. The molecule has 0 spiro atoms. The highest BCUT2D eigenvalue weighted by Gasteiger charge is 2.45. The zero-order valence-electron chi connectivity index (χ0n) is 23.6. The average Bonchev–Trinajstić information content (AvgIpc) is 3.60. The van der Waals surface area contributed by atoms with Gasteiger partial charge >= 0.3 is 12.4 Å². The molecule has 2 aliphatic carbocycles. The van der Waals surface area contributed by atoms with E-state index < -0.39 is 29.7 Å². The fourth-order valence-electron chi connectivity index (χ4n) is 7.24. The number of benzene rings is 1. The van der Waals surface area contributed by atoms with Crippen LogP contribution in [0.2, 0.25) is 0 Å². The molecule has 2 saturated carbocycles. The van der Waals surface area contributed by atoms with E-state index in [1.165, 1.54) is 63.9 Å². The third kappa shape index (κ3) is 7.82. The Bertz CT molecular complexity index is 1110. The maximum absolute atomic E-state index is 13.8. The van der Waals surface area contributed by atoms with Crippen LogP contribution < -0.4 is 10.6 Å². The summed E-state index contributed by atoms with van der Waals surface area (Å²) in [5.41, 5.74) is -2.02. The first-order chi connectivity index (χ1) is 19.4. The number of hydrogen-bond acceptors (Lipinski definition) is 4. The Morgan fingerprint density at radius 3 is 2.22 bits per heavy atom. The van der Waals surface area contributed by atoms with Gasteiger partial charge in [-0.05, 0) is 74.1 Å². The van der Waals surface area contributed by atoms with Crippen molar-refractivity contribution in [3.05, 3.63) is 53.2 Å². The van der Waals surface area contributed by atoms with Gasteiger partial charge in [-0.1, -0.05) is 50.8 Å². The van der Waals surface area contributed by atoms with E-state index in [9.17, 15) is 31.4 Å². The number of rotatable bonds is 12. The molecule has 1 aromatic carbocycles. The predicted octanol–water partition coefficient (Wildman–Crippen LogP) is 7.78. The molecule has 1 heterocycles. The molecule has 2 aromatic rings. The summed E-state index contributed by atoms with van der Waals surface area (Å²) < 4.78 is 80.0. The summed E-state index contributed by atoms with van der Waals surface area (Å²) in [5.74, 6) is 1.43. The number of aliphatic hydroxyl groups is 1. The number of halogens is 6. The molecule has 1 unspecified atom stereocenters. The Morgan fingerprint density at radius 2 is 1.59 bits per heavy atom. The Labute approximate surface area is 238 Å². The van der Waals surface area contributed by atoms with Crippen LogP contribution in [0.25, 0.3) is 11.3 Å². The highest BCUT2D eigenvalue weighted by Crippen LogP contribution is 2.55. The molecule has 2 fully saturated rings. The zero-order chi connectivity index (χ0) is 29.7. The molecule has 2 aliphatic rings. The SMILES string of the molecule is CCCC1(C2CCC[C@@H]2CNCCNC[C@H](O)c2ccc(-c3ccc(C(F)(F)F)cc3)nc2C(F)(F)F)CCCC1. The van der Waals surface area contributed by atoms with Crippen molar-refractivity contribution in [1.82, 2.24) is 15.6 Å². The van der Waals surface area contributed by atoms with E-state index in [2.05, 4.69) is 22.5 Å².